The van der Waals surface area contributed by atoms with Crippen molar-refractivity contribution in [1.29, 1.82) is 0 Å². The minimum atomic E-state index is -1.30. The third-order valence-electron chi connectivity index (χ3n) is 3.59. The number of rotatable bonds is 4. The van der Waals surface area contributed by atoms with Gasteiger partial charge in [0.1, 0.15) is 11.9 Å². The van der Waals surface area contributed by atoms with Crippen LogP contribution in [0.5, 0.6) is 0 Å². The van der Waals surface area contributed by atoms with E-state index in [0.29, 0.717) is 12.8 Å². The summed E-state index contributed by atoms with van der Waals surface area (Å²) in [6.45, 7) is 3.27. The van der Waals surface area contributed by atoms with E-state index >= 15 is 0 Å². The number of aliphatic hydroxyl groups excluding tert-OH is 1. The van der Waals surface area contributed by atoms with Gasteiger partial charge in [0.05, 0.1) is 17.8 Å². The van der Waals surface area contributed by atoms with Crippen LogP contribution in [0.3, 0.4) is 0 Å². The first kappa shape index (κ1) is 15.1. The first-order valence-electron chi connectivity index (χ1n) is 6.64. The predicted molar refractivity (Wildman–Crippen MR) is 70.9 cm³/mol. The summed E-state index contributed by atoms with van der Waals surface area (Å²) in [6, 6.07) is 5.02. The number of carbonyl (C=O) groups is 1. The predicted octanol–water partition coefficient (Wildman–Crippen LogP) is 1.69. The summed E-state index contributed by atoms with van der Waals surface area (Å²) in [6.07, 6.45) is -1.25. The summed E-state index contributed by atoms with van der Waals surface area (Å²) in [5.74, 6) is -0.929. The SMILES string of the molecule is CC(C)(O)[C@@H]1CC[C@H]([C@H](O)C(=O)c2ccc(F)cc2)O1. The molecule has 20 heavy (non-hydrogen) atoms. The molecule has 2 rings (SSSR count). The molecule has 0 amide bonds. The smallest absolute Gasteiger partial charge is 0.193 e. The molecule has 2 N–H and O–H groups in total. The van der Waals surface area contributed by atoms with Crippen LogP contribution in [0.15, 0.2) is 24.3 Å². The molecule has 0 aliphatic carbocycles. The quantitative estimate of drug-likeness (QED) is 0.825. The van der Waals surface area contributed by atoms with Gasteiger partial charge >= 0.3 is 0 Å². The molecular formula is C15H19FO4. The summed E-state index contributed by atoms with van der Waals surface area (Å²) in [5, 5.41) is 19.9. The molecule has 0 saturated carbocycles. The molecule has 1 aromatic carbocycles. The number of hydrogen-bond acceptors (Lipinski definition) is 4. The van der Waals surface area contributed by atoms with E-state index in [1.165, 1.54) is 24.3 Å². The Bertz CT molecular complexity index is 478. The highest BCUT2D eigenvalue weighted by Gasteiger charge is 2.40. The highest BCUT2D eigenvalue weighted by molar-refractivity contribution is 5.99. The third kappa shape index (κ3) is 3.23. The molecule has 0 radical (unpaired) electrons. The molecule has 110 valence electrons. The van der Waals surface area contributed by atoms with Crippen molar-refractivity contribution in [1.82, 2.24) is 0 Å². The van der Waals surface area contributed by atoms with Crippen molar-refractivity contribution < 1.29 is 24.1 Å². The summed E-state index contributed by atoms with van der Waals surface area (Å²) < 4.78 is 18.4. The molecular weight excluding hydrogens is 263 g/mol. The highest BCUT2D eigenvalue weighted by Crippen LogP contribution is 2.30. The molecule has 1 fully saturated rings. The molecule has 0 unspecified atom stereocenters. The van der Waals surface area contributed by atoms with Crippen LogP contribution in [0.4, 0.5) is 4.39 Å². The second-order valence-corrected chi connectivity index (χ2v) is 5.71. The maximum absolute atomic E-state index is 12.8. The van der Waals surface area contributed by atoms with Gasteiger partial charge < -0.3 is 14.9 Å². The zero-order chi connectivity index (χ0) is 14.9. The van der Waals surface area contributed by atoms with Gasteiger partial charge in [-0.2, -0.15) is 0 Å². The summed E-state index contributed by atoms with van der Waals surface area (Å²) >= 11 is 0. The van der Waals surface area contributed by atoms with E-state index in [1.807, 2.05) is 0 Å². The average molecular weight is 282 g/mol. The van der Waals surface area contributed by atoms with Crippen molar-refractivity contribution in [2.75, 3.05) is 0 Å². The largest absolute Gasteiger partial charge is 0.388 e. The zero-order valence-electron chi connectivity index (χ0n) is 11.5. The minimum absolute atomic E-state index is 0.245. The molecule has 5 heteroatoms. The lowest BCUT2D eigenvalue weighted by molar-refractivity contribution is -0.102. The Morgan fingerprint density at radius 2 is 1.95 bits per heavy atom. The second-order valence-electron chi connectivity index (χ2n) is 5.71. The molecule has 1 aliphatic rings. The second kappa shape index (κ2) is 5.60. The fraction of sp³-hybridized carbons (Fsp3) is 0.533. The van der Waals surface area contributed by atoms with E-state index in [4.69, 9.17) is 4.74 Å². The molecule has 1 aliphatic heterocycles. The number of Topliss-reactive ketones (excluding diaryl/α,β-unsaturated/α-hetero) is 1. The van der Waals surface area contributed by atoms with E-state index < -0.39 is 35.5 Å². The zero-order valence-corrected chi connectivity index (χ0v) is 11.5. The third-order valence-corrected chi connectivity index (χ3v) is 3.59. The molecule has 1 aromatic rings. The van der Waals surface area contributed by atoms with Gasteiger partial charge in [-0.05, 0) is 51.0 Å². The van der Waals surface area contributed by atoms with Crippen molar-refractivity contribution in [2.45, 2.75) is 50.6 Å². The average Bonchev–Trinajstić information content (AvgIpc) is 2.87. The van der Waals surface area contributed by atoms with Crippen LogP contribution in [-0.4, -0.2) is 39.9 Å². The first-order valence-corrected chi connectivity index (χ1v) is 6.64. The molecule has 1 saturated heterocycles. The van der Waals surface area contributed by atoms with E-state index in [0.717, 1.165) is 0 Å². The summed E-state index contributed by atoms with van der Waals surface area (Å²) in [4.78, 5) is 12.1. The number of aliphatic hydroxyl groups is 2. The standard InChI is InChI=1S/C15H19FO4/c1-15(2,19)12-8-7-11(20-12)14(18)13(17)9-3-5-10(16)6-4-9/h3-6,11-12,14,18-19H,7-8H2,1-2H3/t11-,12+,14+/m1/s1. The van der Waals surface area contributed by atoms with Crippen LogP contribution in [0.25, 0.3) is 0 Å². The molecule has 1 heterocycles. The number of hydrogen-bond donors (Lipinski definition) is 2. The fourth-order valence-corrected chi connectivity index (χ4v) is 2.37. The Morgan fingerprint density at radius 1 is 1.35 bits per heavy atom. The van der Waals surface area contributed by atoms with Gasteiger partial charge in [-0.15, -0.1) is 0 Å². The Hall–Kier alpha value is -1.30. The lowest BCUT2D eigenvalue weighted by Gasteiger charge is -2.26. The monoisotopic (exact) mass is 282 g/mol. The first-order chi connectivity index (χ1) is 9.29. The summed E-state index contributed by atoms with van der Waals surface area (Å²) in [5.41, 5.74) is -0.762. The molecule has 0 aromatic heterocycles. The van der Waals surface area contributed by atoms with Crippen molar-refractivity contribution in [3.63, 3.8) is 0 Å². The Labute approximate surface area is 117 Å². The van der Waals surface area contributed by atoms with Gasteiger partial charge in [-0.1, -0.05) is 0 Å². The van der Waals surface area contributed by atoms with Crippen LogP contribution < -0.4 is 0 Å². The van der Waals surface area contributed by atoms with Gasteiger partial charge in [0, 0.05) is 5.56 Å². The highest BCUT2D eigenvalue weighted by atomic mass is 19.1. The van der Waals surface area contributed by atoms with Gasteiger partial charge in [0.15, 0.2) is 5.78 Å². The van der Waals surface area contributed by atoms with Crippen LogP contribution >= 0.6 is 0 Å². The lowest BCUT2D eigenvalue weighted by atomic mass is 9.97. The van der Waals surface area contributed by atoms with Crippen molar-refractivity contribution in [3.8, 4) is 0 Å². The molecule has 0 bridgehead atoms. The Morgan fingerprint density at radius 3 is 2.45 bits per heavy atom. The Balaban J connectivity index is 2.03. The maximum atomic E-state index is 12.8. The number of ketones is 1. The molecule has 3 atom stereocenters. The number of ether oxygens (including phenoxy) is 1. The fourth-order valence-electron chi connectivity index (χ4n) is 2.37. The van der Waals surface area contributed by atoms with Crippen LogP contribution in [-0.2, 0) is 4.74 Å². The number of benzene rings is 1. The maximum Gasteiger partial charge on any atom is 0.193 e. The van der Waals surface area contributed by atoms with Crippen LogP contribution in [0, 0.1) is 5.82 Å². The van der Waals surface area contributed by atoms with Gasteiger partial charge in [0.2, 0.25) is 0 Å². The van der Waals surface area contributed by atoms with Gasteiger partial charge in [0.25, 0.3) is 0 Å². The summed E-state index contributed by atoms with van der Waals surface area (Å²) in [7, 11) is 0. The minimum Gasteiger partial charge on any atom is -0.388 e. The van der Waals surface area contributed by atoms with Crippen molar-refractivity contribution >= 4 is 5.78 Å². The van der Waals surface area contributed by atoms with E-state index in [1.54, 1.807) is 13.8 Å². The number of halogens is 1. The van der Waals surface area contributed by atoms with Crippen molar-refractivity contribution in [2.24, 2.45) is 0 Å². The van der Waals surface area contributed by atoms with Crippen LogP contribution in [0.2, 0.25) is 0 Å². The topological polar surface area (TPSA) is 66.8 Å². The molecule has 0 spiro atoms. The van der Waals surface area contributed by atoms with Crippen molar-refractivity contribution in [3.05, 3.63) is 35.6 Å². The van der Waals surface area contributed by atoms with E-state index in [-0.39, 0.29) is 5.56 Å². The lowest BCUT2D eigenvalue weighted by Crippen LogP contribution is -2.39. The molecule has 4 nitrogen and oxygen atoms in total. The Kier molecular flexibility index (Phi) is 4.22. The van der Waals surface area contributed by atoms with Crippen LogP contribution in [0.1, 0.15) is 37.0 Å². The van der Waals surface area contributed by atoms with E-state index in [2.05, 4.69) is 0 Å². The van der Waals surface area contributed by atoms with Gasteiger partial charge in [-0.3, -0.25) is 4.79 Å². The normalized spacial score (nSPS) is 24.6. The van der Waals surface area contributed by atoms with E-state index in [9.17, 15) is 19.4 Å². The van der Waals surface area contributed by atoms with Gasteiger partial charge in [-0.25, -0.2) is 4.39 Å². The number of carbonyl (C=O) groups excluding carboxylic acids is 1.